The van der Waals surface area contributed by atoms with Gasteiger partial charge in [0, 0.05) is 11.6 Å². The number of carbonyl (C=O) groups is 1. The Bertz CT molecular complexity index is 810. The number of aromatic nitrogens is 2. The van der Waals surface area contributed by atoms with Crippen LogP contribution in [0.1, 0.15) is 21.5 Å². The second kappa shape index (κ2) is 4.68. The van der Waals surface area contributed by atoms with Gasteiger partial charge in [-0.05, 0) is 37.1 Å². The van der Waals surface area contributed by atoms with Crippen molar-refractivity contribution in [1.82, 2.24) is 9.97 Å². The van der Waals surface area contributed by atoms with Crippen molar-refractivity contribution >= 4 is 28.2 Å². The Balaban J connectivity index is 2.40. The Hall–Kier alpha value is -2.27. The molecule has 0 spiro atoms. The minimum absolute atomic E-state index is 0.288. The fourth-order valence-electron chi connectivity index (χ4n) is 2.39. The van der Waals surface area contributed by atoms with Gasteiger partial charge in [-0.3, -0.25) is 4.98 Å². The van der Waals surface area contributed by atoms with Crippen LogP contribution >= 0.6 is 11.3 Å². The number of aromatic carboxylic acids is 1. The molecular formula is C15H12N2O2S. The zero-order chi connectivity index (χ0) is 14.3. The largest absolute Gasteiger partial charge is 0.478 e. The van der Waals surface area contributed by atoms with Crippen LogP contribution in [0, 0.1) is 13.8 Å². The average molecular weight is 284 g/mol. The molecule has 0 fully saturated rings. The van der Waals surface area contributed by atoms with Crippen LogP contribution in [0.2, 0.25) is 0 Å². The molecule has 0 bridgehead atoms. The van der Waals surface area contributed by atoms with Crippen molar-refractivity contribution < 1.29 is 9.90 Å². The second-order valence-corrected chi connectivity index (χ2v) is 5.59. The molecule has 2 heterocycles. The molecule has 0 aliphatic heterocycles. The smallest absolute Gasteiger partial charge is 0.336 e. The number of pyridine rings is 1. The highest BCUT2D eigenvalue weighted by molar-refractivity contribution is 7.13. The molecule has 5 heteroatoms. The van der Waals surface area contributed by atoms with Gasteiger partial charge in [-0.1, -0.05) is 6.07 Å². The molecule has 0 saturated heterocycles. The minimum Gasteiger partial charge on any atom is -0.478 e. The Labute approximate surface area is 119 Å². The van der Waals surface area contributed by atoms with Crippen LogP contribution in [0.4, 0.5) is 0 Å². The first kappa shape index (κ1) is 12.7. The molecule has 100 valence electrons. The van der Waals surface area contributed by atoms with E-state index in [1.165, 1.54) is 11.3 Å². The van der Waals surface area contributed by atoms with E-state index in [4.69, 9.17) is 0 Å². The molecule has 0 aliphatic carbocycles. The van der Waals surface area contributed by atoms with Crippen LogP contribution in [-0.4, -0.2) is 21.0 Å². The highest BCUT2D eigenvalue weighted by atomic mass is 32.1. The number of hydrogen-bond donors (Lipinski definition) is 1. The Kier molecular flexibility index (Phi) is 2.99. The van der Waals surface area contributed by atoms with Crippen molar-refractivity contribution in [1.29, 1.82) is 0 Å². The summed E-state index contributed by atoms with van der Waals surface area (Å²) in [6.07, 6.45) is 1.70. The van der Waals surface area contributed by atoms with E-state index in [0.29, 0.717) is 16.6 Å². The van der Waals surface area contributed by atoms with Gasteiger partial charge < -0.3 is 5.11 Å². The summed E-state index contributed by atoms with van der Waals surface area (Å²) in [6, 6.07) is 5.52. The van der Waals surface area contributed by atoms with E-state index in [1.54, 1.807) is 17.8 Å². The Morgan fingerprint density at radius 2 is 2.05 bits per heavy atom. The molecule has 1 N–H and O–H groups in total. The number of carboxylic acid groups (broad SMARTS) is 1. The van der Waals surface area contributed by atoms with E-state index < -0.39 is 5.97 Å². The second-order valence-electron chi connectivity index (χ2n) is 4.70. The standard InChI is InChI=1S/C15H12N2O2S/c1-8-3-9(2)14-10(15(18)19)5-11(17-12(14)4-8)13-6-16-7-20-13/h3-7H,1-2H3,(H,18,19). The van der Waals surface area contributed by atoms with Gasteiger partial charge in [-0.15, -0.1) is 11.3 Å². The van der Waals surface area contributed by atoms with Crippen LogP contribution in [0.3, 0.4) is 0 Å². The maximum Gasteiger partial charge on any atom is 0.336 e. The minimum atomic E-state index is -0.935. The zero-order valence-corrected chi connectivity index (χ0v) is 11.9. The average Bonchev–Trinajstić information content (AvgIpc) is 2.90. The Morgan fingerprint density at radius 3 is 2.70 bits per heavy atom. The topological polar surface area (TPSA) is 63.1 Å². The van der Waals surface area contributed by atoms with Crippen molar-refractivity contribution in [3.63, 3.8) is 0 Å². The molecule has 3 aromatic rings. The number of hydrogen-bond acceptors (Lipinski definition) is 4. The number of rotatable bonds is 2. The van der Waals surface area contributed by atoms with Gasteiger partial charge >= 0.3 is 5.97 Å². The summed E-state index contributed by atoms with van der Waals surface area (Å²) in [4.78, 5) is 21.0. The zero-order valence-electron chi connectivity index (χ0n) is 11.0. The number of aryl methyl sites for hydroxylation is 2. The fraction of sp³-hybridized carbons (Fsp3) is 0.133. The summed E-state index contributed by atoms with van der Waals surface area (Å²) >= 11 is 1.45. The highest BCUT2D eigenvalue weighted by Gasteiger charge is 2.15. The van der Waals surface area contributed by atoms with Crippen LogP contribution in [0.25, 0.3) is 21.5 Å². The first-order valence-electron chi connectivity index (χ1n) is 6.10. The highest BCUT2D eigenvalue weighted by Crippen LogP contribution is 2.29. The van der Waals surface area contributed by atoms with E-state index in [1.807, 2.05) is 26.0 Å². The lowest BCUT2D eigenvalue weighted by Gasteiger charge is -2.09. The van der Waals surface area contributed by atoms with E-state index in [-0.39, 0.29) is 5.56 Å². The predicted octanol–water partition coefficient (Wildman–Crippen LogP) is 3.67. The van der Waals surface area contributed by atoms with Crippen molar-refractivity contribution in [3.05, 3.63) is 46.6 Å². The van der Waals surface area contributed by atoms with E-state index in [2.05, 4.69) is 9.97 Å². The van der Waals surface area contributed by atoms with E-state index >= 15 is 0 Å². The van der Waals surface area contributed by atoms with Crippen molar-refractivity contribution in [2.45, 2.75) is 13.8 Å². The molecular weight excluding hydrogens is 272 g/mol. The first-order valence-corrected chi connectivity index (χ1v) is 6.98. The van der Waals surface area contributed by atoms with Gasteiger partial charge in [-0.2, -0.15) is 0 Å². The summed E-state index contributed by atoms with van der Waals surface area (Å²) < 4.78 is 0. The third-order valence-corrected chi connectivity index (χ3v) is 3.96. The third kappa shape index (κ3) is 2.06. The lowest BCUT2D eigenvalue weighted by atomic mass is 10.0. The summed E-state index contributed by atoms with van der Waals surface area (Å²) in [5, 5.41) is 10.2. The maximum absolute atomic E-state index is 11.5. The van der Waals surface area contributed by atoms with E-state index in [0.717, 1.165) is 16.0 Å². The third-order valence-electron chi connectivity index (χ3n) is 3.17. The molecule has 0 amide bonds. The van der Waals surface area contributed by atoms with Gasteiger partial charge in [0.2, 0.25) is 0 Å². The van der Waals surface area contributed by atoms with Crippen LogP contribution in [0.15, 0.2) is 29.9 Å². The predicted molar refractivity (Wildman–Crippen MR) is 79.3 cm³/mol. The monoisotopic (exact) mass is 284 g/mol. The first-order chi connectivity index (χ1) is 9.56. The molecule has 20 heavy (non-hydrogen) atoms. The Morgan fingerprint density at radius 1 is 1.25 bits per heavy atom. The van der Waals surface area contributed by atoms with Crippen molar-refractivity contribution in [2.75, 3.05) is 0 Å². The molecule has 0 atom stereocenters. The normalized spacial score (nSPS) is 10.9. The van der Waals surface area contributed by atoms with Gasteiger partial charge in [0.05, 0.1) is 27.2 Å². The lowest BCUT2D eigenvalue weighted by molar-refractivity contribution is 0.0699. The number of thiazole rings is 1. The lowest BCUT2D eigenvalue weighted by Crippen LogP contribution is -2.01. The van der Waals surface area contributed by atoms with Gasteiger partial charge in [0.25, 0.3) is 0 Å². The molecule has 2 aromatic heterocycles. The molecule has 0 aliphatic rings. The van der Waals surface area contributed by atoms with E-state index in [9.17, 15) is 9.90 Å². The fourth-order valence-corrected chi connectivity index (χ4v) is 2.97. The van der Waals surface area contributed by atoms with Crippen LogP contribution < -0.4 is 0 Å². The molecule has 0 unspecified atom stereocenters. The van der Waals surface area contributed by atoms with Gasteiger partial charge in [-0.25, -0.2) is 9.78 Å². The SMILES string of the molecule is Cc1cc(C)c2c(C(=O)O)cc(-c3cncs3)nc2c1. The summed E-state index contributed by atoms with van der Waals surface area (Å²) in [5.74, 6) is -0.935. The quantitative estimate of drug-likeness (QED) is 0.779. The number of fused-ring (bicyclic) bond motifs is 1. The van der Waals surface area contributed by atoms with Gasteiger partial charge in [0.1, 0.15) is 0 Å². The van der Waals surface area contributed by atoms with Crippen molar-refractivity contribution in [2.24, 2.45) is 0 Å². The summed E-state index contributed by atoms with van der Waals surface area (Å²) in [6.45, 7) is 3.89. The number of benzene rings is 1. The molecule has 3 rings (SSSR count). The van der Waals surface area contributed by atoms with Crippen LogP contribution in [-0.2, 0) is 0 Å². The van der Waals surface area contributed by atoms with Crippen LogP contribution in [0.5, 0.6) is 0 Å². The van der Waals surface area contributed by atoms with Gasteiger partial charge in [0.15, 0.2) is 0 Å². The molecule has 4 nitrogen and oxygen atoms in total. The maximum atomic E-state index is 11.5. The molecule has 1 aromatic carbocycles. The van der Waals surface area contributed by atoms with Crippen molar-refractivity contribution in [3.8, 4) is 10.6 Å². The molecule has 0 radical (unpaired) electrons. The summed E-state index contributed by atoms with van der Waals surface area (Å²) in [5.41, 5.74) is 5.37. The molecule has 0 saturated carbocycles. The number of nitrogens with zero attached hydrogens (tertiary/aromatic N) is 2. The summed E-state index contributed by atoms with van der Waals surface area (Å²) in [7, 11) is 0. The number of carboxylic acids is 1.